The quantitative estimate of drug-likeness (QED) is 0.264. The fourth-order valence-corrected chi connectivity index (χ4v) is 3.65. The highest BCUT2D eigenvalue weighted by Gasteiger charge is 2.25. The summed E-state index contributed by atoms with van der Waals surface area (Å²) in [6.45, 7) is 4.26. The molecule has 0 aromatic heterocycles. The van der Waals surface area contributed by atoms with Crippen molar-refractivity contribution < 1.29 is 19.9 Å². The molecule has 2 aromatic carbocycles. The molecular weight excluding hydrogens is 396 g/mol. The van der Waals surface area contributed by atoms with Crippen molar-refractivity contribution in [1.82, 2.24) is 21.4 Å². The molecular formula is C23H30N4O4. The van der Waals surface area contributed by atoms with E-state index in [4.69, 9.17) is 5.21 Å². The van der Waals surface area contributed by atoms with E-state index in [-0.39, 0.29) is 0 Å². The Kier molecular flexibility index (Phi) is 8.13. The van der Waals surface area contributed by atoms with Gasteiger partial charge in [-0.3, -0.25) is 14.8 Å². The topological polar surface area (TPSA) is 123 Å². The minimum absolute atomic E-state index is 0.349. The van der Waals surface area contributed by atoms with Crippen LogP contribution in [-0.4, -0.2) is 53.4 Å². The first-order chi connectivity index (χ1) is 15.0. The summed E-state index contributed by atoms with van der Waals surface area (Å²) in [5.74, 6) is -1.40. The van der Waals surface area contributed by atoms with Gasteiger partial charge in [-0.25, -0.2) is 5.48 Å². The van der Waals surface area contributed by atoms with Crippen LogP contribution in [0.5, 0.6) is 0 Å². The molecule has 0 unspecified atom stereocenters. The van der Waals surface area contributed by atoms with Crippen LogP contribution in [-0.2, 0) is 11.3 Å². The smallest absolute Gasteiger partial charge is 0.268 e. The Balaban J connectivity index is 1.56. The highest BCUT2D eigenvalue weighted by atomic mass is 16.5. The van der Waals surface area contributed by atoms with Crippen molar-refractivity contribution in [2.24, 2.45) is 0 Å². The van der Waals surface area contributed by atoms with E-state index in [1.165, 1.54) is 30.8 Å². The molecule has 2 aromatic rings. The molecule has 1 saturated heterocycles. The molecule has 6 N–H and O–H groups in total. The van der Waals surface area contributed by atoms with Gasteiger partial charge in [0.1, 0.15) is 6.04 Å². The van der Waals surface area contributed by atoms with Gasteiger partial charge in [0.2, 0.25) is 0 Å². The standard InChI is InChI=1S/C23H30N4O4/c1-15(28)21(23(30)27-31)26-22(29)19-10-8-18(9-11-19)17-6-4-16(5-7-17)13-24-14-20-3-2-12-25-20/h4-11,15,20-21,24-25,28,31H,2-3,12-14H2,1H3,(H,26,29)(H,27,30)/t15-,20+,21+/m1/s1. The lowest BCUT2D eigenvalue weighted by Gasteiger charge is -2.19. The number of hydroxylamine groups is 1. The van der Waals surface area contributed by atoms with E-state index in [2.05, 4.69) is 40.2 Å². The van der Waals surface area contributed by atoms with Crippen molar-refractivity contribution in [2.75, 3.05) is 13.1 Å². The van der Waals surface area contributed by atoms with Gasteiger partial charge in [-0.2, -0.15) is 0 Å². The third-order valence-corrected chi connectivity index (χ3v) is 5.48. The van der Waals surface area contributed by atoms with Crippen LogP contribution in [0.4, 0.5) is 0 Å². The predicted octanol–water partition coefficient (Wildman–Crippen LogP) is 1.18. The first kappa shape index (κ1) is 22.9. The summed E-state index contributed by atoms with van der Waals surface area (Å²) in [5, 5.41) is 27.8. The highest BCUT2D eigenvalue weighted by molar-refractivity contribution is 5.97. The molecule has 3 atom stereocenters. The first-order valence-corrected chi connectivity index (χ1v) is 10.5. The van der Waals surface area contributed by atoms with Gasteiger partial charge in [-0.05, 0) is 55.1 Å². The fraction of sp³-hybridized carbons (Fsp3) is 0.391. The summed E-state index contributed by atoms with van der Waals surface area (Å²) >= 11 is 0. The van der Waals surface area contributed by atoms with Gasteiger partial charge in [0.15, 0.2) is 0 Å². The van der Waals surface area contributed by atoms with Crippen LogP contribution in [0.1, 0.15) is 35.7 Å². The molecule has 0 aliphatic carbocycles. The summed E-state index contributed by atoms with van der Waals surface area (Å²) in [7, 11) is 0. The number of rotatable bonds is 9. The second-order valence-corrected chi connectivity index (χ2v) is 7.87. The maximum Gasteiger partial charge on any atom is 0.268 e. The lowest BCUT2D eigenvalue weighted by atomic mass is 10.0. The van der Waals surface area contributed by atoms with Gasteiger partial charge in [0.05, 0.1) is 6.10 Å². The molecule has 8 heteroatoms. The molecule has 8 nitrogen and oxygen atoms in total. The maximum absolute atomic E-state index is 12.4. The molecule has 0 bridgehead atoms. The van der Waals surface area contributed by atoms with E-state index in [1.807, 2.05) is 12.1 Å². The number of benzene rings is 2. The highest BCUT2D eigenvalue weighted by Crippen LogP contribution is 2.20. The molecule has 1 fully saturated rings. The van der Waals surface area contributed by atoms with E-state index in [1.54, 1.807) is 12.1 Å². The summed E-state index contributed by atoms with van der Waals surface area (Å²) in [6, 6.07) is 14.6. The van der Waals surface area contributed by atoms with Gasteiger partial charge in [-0.1, -0.05) is 36.4 Å². The van der Waals surface area contributed by atoms with Crippen molar-refractivity contribution in [1.29, 1.82) is 0 Å². The molecule has 0 saturated carbocycles. The normalized spacial score (nSPS) is 17.7. The van der Waals surface area contributed by atoms with E-state index in [0.29, 0.717) is 11.6 Å². The van der Waals surface area contributed by atoms with E-state index >= 15 is 0 Å². The van der Waals surface area contributed by atoms with Crippen LogP contribution < -0.4 is 21.4 Å². The molecule has 31 heavy (non-hydrogen) atoms. The second kappa shape index (κ2) is 11.0. The predicted molar refractivity (Wildman–Crippen MR) is 117 cm³/mol. The Morgan fingerprint density at radius 2 is 1.74 bits per heavy atom. The number of aliphatic hydroxyl groups is 1. The van der Waals surface area contributed by atoms with Crippen molar-refractivity contribution in [3.05, 3.63) is 59.7 Å². The molecule has 166 valence electrons. The van der Waals surface area contributed by atoms with Crippen LogP contribution in [0.3, 0.4) is 0 Å². The molecule has 0 radical (unpaired) electrons. The average Bonchev–Trinajstić information content (AvgIpc) is 3.31. The minimum Gasteiger partial charge on any atom is -0.391 e. The van der Waals surface area contributed by atoms with Gasteiger partial charge >= 0.3 is 0 Å². The third kappa shape index (κ3) is 6.35. The number of carbonyl (C=O) groups is 2. The number of amides is 2. The van der Waals surface area contributed by atoms with Gasteiger partial charge in [0.25, 0.3) is 11.8 Å². The third-order valence-electron chi connectivity index (χ3n) is 5.48. The number of nitrogens with one attached hydrogen (secondary N) is 4. The Morgan fingerprint density at radius 1 is 1.10 bits per heavy atom. The van der Waals surface area contributed by atoms with Crippen LogP contribution in [0.25, 0.3) is 11.1 Å². The van der Waals surface area contributed by atoms with Crippen molar-refractivity contribution in [2.45, 2.75) is 44.5 Å². The monoisotopic (exact) mass is 426 g/mol. The van der Waals surface area contributed by atoms with Crippen LogP contribution >= 0.6 is 0 Å². The molecule has 2 amide bonds. The Hall–Kier alpha value is -2.78. The largest absolute Gasteiger partial charge is 0.391 e. The van der Waals surface area contributed by atoms with Gasteiger partial charge in [0, 0.05) is 24.7 Å². The van der Waals surface area contributed by atoms with Crippen molar-refractivity contribution >= 4 is 11.8 Å². The number of hydrogen-bond donors (Lipinski definition) is 6. The number of carbonyl (C=O) groups excluding carboxylic acids is 2. The van der Waals surface area contributed by atoms with Gasteiger partial charge < -0.3 is 21.1 Å². The number of hydrogen-bond acceptors (Lipinski definition) is 6. The molecule has 0 spiro atoms. The van der Waals surface area contributed by atoms with E-state index in [0.717, 1.165) is 30.8 Å². The van der Waals surface area contributed by atoms with E-state index in [9.17, 15) is 14.7 Å². The second-order valence-electron chi connectivity index (χ2n) is 7.87. The zero-order valence-corrected chi connectivity index (χ0v) is 17.6. The Bertz CT molecular complexity index is 862. The molecule has 1 heterocycles. The SMILES string of the molecule is C[C@@H](O)[C@H](NC(=O)c1ccc(-c2ccc(CNC[C@@H]3CCCN3)cc2)cc1)C(=O)NO. The molecule has 1 aliphatic rings. The Morgan fingerprint density at radius 3 is 2.29 bits per heavy atom. The molecule has 3 rings (SSSR count). The van der Waals surface area contributed by atoms with Crippen LogP contribution in [0.15, 0.2) is 48.5 Å². The number of aliphatic hydroxyl groups excluding tert-OH is 1. The van der Waals surface area contributed by atoms with Gasteiger partial charge in [-0.15, -0.1) is 0 Å². The summed E-state index contributed by atoms with van der Waals surface area (Å²) < 4.78 is 0. The van der Waals surface area contributed by atoms with Crippen LogP contribution in [0.2, 0.25) is 0 Å². The Labute approximate surface area is 182 Å². The van der Waals surface area contributed by atoms with Crippen molar-refractivity contribution in [3.63, 3.8) is 0 Å². The lowest BCUT2D eigenvalue weighted by Crippen LogP contribution is -2.51. The van der Waals surface area contributed by atoms with Crippen LogP contribution in [0, 0.1) is 0 Å². The van der Waals surface area contributed by atoms with E-state index < -0.39 is 24.0 Å². The lowest BCUT2D eigenvalue weighted by molar-refractivity contribution is -0.133. The maximum atomic E-state index is 12.4. The zero-order chi connectivity index (χ0) is 22.2. The fourth-order valence-electron chi connectivity index (χ4n) is 3.65. The van der Waals surface area contributed by atoms with Crippen molar-refractivity contribution in [3.8, 4) is 11.1 Å². The minimum atomic E-state index is -1.25. The summed E-state index contributed by atoms with van der Waals surface area (Å²) in [6.07, 6.45) is 1.33. The average molecular weight is 427 g/mol. The zero-order valence-electron chi connectivity index (χ0n) is 17.6. The first-order valence-electron chi connectivity index (χ1n) is 10.5. The summed E-state index contributed by atoms with van der Waals surface area (Å²) in [4.78, 5) is 23.9. The summed E-state index contributed by atoms with van der Waals surface area (Å²) in [5.41, 5.74) is 5.01. The molecule has 1 aliphatic heterocycles.